The highest BCUT2D eigenvalue weighted by atomic mass is 32.2. The summed E-state index contributed by atoms with van der Waals surface area (Å²) in [5.74, 6) is -0.225. The highest BCUT2D eigenvalue weighted by molar-refractivity contribution is 7.88. The normalized spacial score (nSPS) is 26.7. The number of nitrogens with zero attached hydrogens (tertiary/aromatic N) is 3. The molecule has 0 bridgehead atoms. The maximum absolute atomic E-state index is 12.8. The number of pyridine rings is 1. The molecule has 8 heteroatoms. The van der Waals surface area contributed by atoms with Gasteiger partial charge in [0.05, 0.1) is 24.9 Å². The topological polar surface area (TPSA) is 79.8 Å². The molecule has 0 aromatic carbocycles. The summed E-state index contributed by atoms with van der Waals surface area (Å²) in [6.07, 6.45) is 4.79. The first-order valence-corrected chi connectivity index (χ1v) is 9.54. The summed E-state index contributed by atoms with van der Waals surface area (Å²) < 4.78 is 30.6. The van der Waals surface area contributed by atoms with Gasteiger partial charge < -0.3 is 9.64 Å². The van der Waals surface area contributed by atoms with Crippen LogP contribution in [0.1, 0.15) is 12.0 Å². The summed E-state index contributed by atoms with van der Waals surface area (Å²) >= 11 is 0. The zero-order valence-corrected chi connectivity index (χ0v) is 13.9. The SMILES string of the molecule is CS(=O)(=O)N1CC[C@H]2C(=O)N(Cc3cccnc3)CCO[C@H]2C1. The molecule has 23 heavy (non-hydrogen) atoms. The van der Waals surface area contributed by atoms with Crippen molar-refractivity contribution in [2.24, 2.45) is 5.92 Å². The number of hydrogen-bond acceptors (Lipinski definition) is 5. The summed E-state index contributed by atoms with van der Waals surface area (Å²) in [5.41, 5.74) is 0.980. The minimum atomic E-state index is -3.25. The average Bonchev–Trinajstić information content (AvgIpc) is 2.67. The van der Waals surface area contributed by atoms with Crippen LogP contribution in [0, 0.1) is 5.92 Å². The second kappa shape index (κ2) is 6.54. The number of ether oxygens (including phenoxy) is 1. The van der Waals surface area contributed by atoms with Crippen molar-refractivity contribution in [3.05, 3.63) is 30.1 Å². The number of aromatic nitrogens is 1. The molecule has 0 radical (unpaired) electrons. The molecule has 3 rings (SSSR count). The number of sulfonamides is 1. The van der Waals surface area contributed by atoms with Crippen molar-refractivity contribution in [2.45, 2.75) is 19.1 Å². The van der Waals surface area contributed by atoms with E-state index in [1.54, 1.807) is 17.3 Å². The number of rotatable bonds is 3. The number of piperidine rings is 1. The van der Waals surface area contributed by atoms with E-state index >= 15 is 0 Å². The van der Waals surface area contributed by atoms with Gasteiger partial charge in [-0.2, -0.15) is 4.31 Å². The first kappa shape index (κ1) is 16.4. The van der Waals surface area contributed by atoms with E-state index in [2.05, 4.69) is 4.98 Å². The standard InChI is InChI=1S/C15H21N3O4S/c1-23(20,21)18-6-4-13-14(11-18)22-8-7-17(15(13)19)10-12-3-2-5-16-9-12/h2-3,5,9,13-14H,4,6-8,10-11H2,1H3/t13-,14+/m1/s1. The number of fused-ring (bicyclic) bond motifs is 1. The van der Waals surface area contributed by atoms with Crippen LogP contribution in [0.3, 0.4) is 0 Å². The fourth-order valence-electron chi connectivity index (χ4n) is 3.17. The molecule has 7 nitrogen and oxygen atoms in total. The van der Waals surface area contributed by atoms with E-state index in [0.29, 0.717) is 32.7 Å². The summed E-state index contributed by atoms with van der Waals surface area (Å²) in [6, 6.07) is 3.79. The third kappa shape index (κ3) is 3.70. The van der Waals surface area contributed by atoms with Gasteiger partial charge in [0.25, 0.3) is 0 Å². The fourth-order valence-corrected chi connectivity index (χ4v) is 4.02. The average molecular weight is 339 g/mol. The number of carbonyl (C=O) groups excluding carboxylic acids is 1. The Morgan fingerprint density at radius 1 is 1.39 bits per heavy atom. The van der Waals surface area contributed by atoms with Gasteiger partial charge in [-0.25, -0.2) is 8.42 Å². The lowest BCUT2D eigenvalue weighted by Gasteiger charge is -2.35. The van der Waals surface area contributed by atoms with E-state index in [4.69, 9.17) is 4.74 Å². The van der Waals surface area contributed by atoms with Gasteiger partial charge in [-0.15, -0.1) is 0 Å². The van der Waals surface area contributed by atoms with Crippen LogP contribution in [-0.4, -0.2) is 67.1 Å². The third-order valence-corrected chi connectivity index (χ3v) is 5.68. The largest absolute Gasteiger partial charge is 0.374 e. The molecule has 2 aliphatic heterocycles. The van der Waals surface area contributed by atoms with Crippen LogP contribution in [0.5, 0.6) is 0 Å². The lowest BCUT2D eigenvalue weighted by Crippen LogP contribution is -2.50. The quantitative estimate of drug-likeness (QED) is 0.780. The van der Waals surface area contributed by atoms with Gasteiger partial charge in [0, 0.05) is 38.6 Å². The number of amides is 1. The smallest absolute Gasteiger partial charge is 0.228 e. The molecule has 1 amide bonds. The first-order valence-electron chi connectivity index (χ1n) is 7.69. The van der Waals surface area contributed by atoms with Crippen LogP contribution in [0.4, 0.5) is 0 Å². The highest BCUT2D eigenvalue weighted by Gasteiger charge is 2.41. The molecule has 2 saturated heterocycles. The van der Waals surface area contributed by atoms with E-state index in [0.717, 1.165) is 5.56 Å². The molecule has 2 atom stereocenters. The van der Waals surface area contributed by atoms with Crippen molar-refractivity contribution in [3.63, 3.8) is 0 Å². The van der Waals surface area contributed by atoms with Gasteiger partial charge >= 0.3 is 0 Å². The Morgan fingerprint density at radius 3 is 2.91 bits per heavy atom. The van der Waals surface area contributed by atoms with E-state index in [9.17, 15) is 13.2 Å². The van der Waals surface area contributed by atoms with E-state index in [-0.39, 0.29) is 24.5 Å². The van der Waals surface area contributed by atoms with Crippen molar-refractivity contribution in [2.75, 3.05) is 32.5 Å². The Bertz CT molecular complexity index is 665. The van der Waals surface area contributed by atoms with Crippen molar-refractivity contribution >= 4 is 15.9 Å². The summed E-state index contributed by atoms with van der Waals surface area (Å²) in [6.45, 7) is 2.07. The molecule has 0 unspecified atom stereocenters. The number of hydrogen-bond donors (Lipinski definition) is 0. The molecule has 1 aromatic heterocycles. The van der Waals surface area contributed by atoms with Gasteiger partial charge in [-0.05, 0) is 18.1 Å². The van der Waals surface area contributed by atoms with E-state index in [1.165, 1.54) is 10.6 Å². The van der Waals surface area contributed by atoms with Crippen LogP contribution in [0.25, 0.3) is 0 Å². The Morgan fingerprint density at radius 2 is 2.22 bits per heavy atom. The minimum absolute atomic E-state index is 0.0458. The predicted molar refractivity (Wildman–Crippen MR) is 83.9 cm³/mol. The minimum Gasteiger partial charge on any atom is -0.374 e. The van der Waals surface area contributed by atoms with Crippen molar-refractivity contribution in [3.8, 4) is 0 Å². The van der Waals surface area contributed by atoms with Crippen LogP contribution in [0.2, 0.25) is 0 Å². The lowest BCUT2D eigenvalue weighted by molar-refractivity contribution is -0.138. The van der Waals surface area contributed by atoms with Crippen LogP contribution >= 0.6 is 0 Å². The van der Waals surface area contributed by atoms with Gasteiger partial charge in [-0.3, -0.25) is 9.78 Å². The van der Waals surface area contributed by atoms with Gasteiger partial charge in [0.1, 0.15) is 0 Å². The molecule has 0 N–H and O–H groups in total. The Kier molecular flexibility index (Phi) is 4.65. The molecule has 126 valence electrons. The Balaban J connectivity index is 1.72. The van der Waals surface area contributed by atoms with Gasteiger partial charge in [0.2, 0.25) is 15.9 Å². The second-order valence-corrected chi connectivity index (χ2v) is 8.03. The summed E-state index contributed by atoms with van der Waals surface area (Å²) in [7, 11) is -3.25. The monoisotopic (exact) mass is 339 g/mol. The van der Waals surface area contributed by atoms with Gasteiger partial charge in [0.15, 0.2) is 0 Å². The van der Waals surface area contributed by atoms with E-state index < -0.39 is 10.0 Å². The molecule has 1 aromatic rings. The number of carbonyl (C=O) groups is 1. The zero-order chi connectivity index (χ0) is 16.4. The molecule has 2 fully saturated rings. The summed E-state index contributed by atoms with van der Waals surface area (Å²) in [5, 5.41) is 0. The van der Waals surface area contributed by atoms with Crippen molar-refractivity contribution in [1.29, 1.82) is 0 Å². The Hall–Kier alpha value is -1.51. The zero-order valence-electron chi connectivity index (χ0n) is 13.1. The molecular formula is C15H21N3O4S. The summed E-state index contributed by atoms with van der Waals surface area (Å²) in [4.78, 5) is 18.7. The molecule has 0 aliphatic carbocycles. The lowest BCUT2D eigenvalue weighted by atomic mass is 9.93. The van der Waals surface area contributed by atoms with Crippen LogP contribution < -0.4 is 0 Å². The van der Waals surface area contributed by atoms with E-state index in [1.807, 2.05) is 12.1 Å². The third-order valence-electron chi connectivity index (χ3n) is 4.41. The molecule has 0 saturated carbocycles. The highest BCUT2D eigenvalue weighted by Crippen LogP contribution is 2.27. The molecular weight excluding hydrogens is 318 g/mol. The first-order chi connectivity index (χ1) is 10.9. The molecule has 2 aliphatic rings. The van der Waals surface area contributed by atoms with Crippen LogP contribution in [0.15, 0.2) is 24.5 Å². The van der Waals surface area contributed by atoms with Gasteiger partial charge in [-0.1, -0.05) is 6.07 Å². The Labute approximate surface area is 136 Å². The molecule has 0 spiro atoms. The maximum atomic E-state index is 12.8. The predicted octanol–water partition coefficient (Wildman–Crippen LogP) is 0.0905. The fraction of sp³-hybridized carbons (Fsp3) is 0.600. The molecule has 3 heterocycles. The maximum Gasteiger partial charge on any atom is 0.228 e. The van der Waals surface area contributed by atoms with Crippen molar-refractivity contribution < 1.29 is 17.9 Å². The van der Waals surface area contributed by atoms with Crippen molar-refractivity contribution in [1.82, 2.24) is 14.2 Å². The second-order valence-electron chi connectivity index (χ2n) is 6.05. The van der Waals surface area contributed by atoms with Crippen LogP contribution in [-0.2, 0) is 26.1 Å².